The van der Waals surface area contributed by atoms with E-state index in [4.69, 9.17) is 16.3 Å². The Balaban J connectivity index is 1.73. The van der Waals surface area contributed by atoms with E-state index in [1.165, 1.54) is 0 Å². The van der Waals surface area contributed by atoms with Crippen LogP contribution in [0.3, 0.4) is 0 Å². The zero-order valence-electron chi connectivity index (χ0n) is 13.0. The summed E-state index contributed by atoms with van der Waals surface area (Å²) in [6.07, 6.45) is 0. The molecule has 0 aliphatic carbocycles. The number of ether oxygens (including phenoxy) is 1. The Morgan fingerprint density at radius 2 is 2.00 bits per heavy atom. The first-order valence-electron chi connectivity index (χ1n) is 7.42. The molecular formula is C18H16ClN3O2. The highest BCUT2D eigenvalue weighted by Crippen LogP contribution is 2.30. The summed E-state index contributed by atoms with van der Waals surface area (Å²) in [5, 5.41) is 10.4. The van der Waals surface area contributed by atoms with Crippen molar-refractivity contribution in [2.45, 2.75) is 6.92 Å². The van der Waals surface area contributed by atoms with E-state index in [0.717, 1.165) is 16.8 Å². The number of aromatic nitrogens is 2. The highest BCUT2D eigenvalue weighted by atomic mass is 35.5. The fraction of sp³-hybridized carbons (Fsp3) is 0.111. The molecule has 1 heterocycles. The molecular weight excluding hydrogens is 326 g/mol. The molecule has 5 nitrogen and oxygen atoms in total. The van der Waals surface area contributed by atoms with Gasteiger partial charge in [0.05, 0.1) is 0 Å². The minimum Gasteiger partial charge on any atom is -0.484 e. The number of hydrogen-bond acceptors (Lipinski definition) is 3. The molecule has 6 heteroatoms. The lowest BCUT2D eigenvalue weighted by Gasteiger charge is -2.08. The van der Waals surface area contributed by atoms with Crippen LogP contribution in [0.15, 0.2) is 54.6 Å². The molecule has 3 rings (SSSR count). The third-order valence-electron chi connectivity index (χ3n) is 3.43. The molecule has 0 radical (unpaired) electrons. The molecule has 24 heavy (non-hydrogen) atoms. The highest BCUT2D eigenvalue weighted by molar-refractivity contribution is 6.30. The van der Waals surface area contributed by atoms with Crippen molar-refractivity contribution in [2.24, 2.45) is 0 Å². The number of H-pyrrole nitrogens is 1. The van der Waals surface area contributed by atoms with E-state index >= 15 is 0 Å². The van der Waals surface area contributed by atoms with E-state index in [1.807, 2.05) is 43.3 Å². The average molecular weight is 342 g/mol. The molecule has 0 aliphatic rings. The second-order valence-electron chi connectivity index (χ2n) is 5.23. The van der Waals surface area contributed by atoms with Gasteiger partial charge in [0.25, 0.3) is 5.91 Å². The minimum absolute atomic E-state index is 0.0924. The van der Waals surface area contributed by atoms with E-state index in [9.17, 15) is 4.79 Å². The number of aryl methyl sites for hydroxylation is 1. The molecule has 122 valence electrons. The molecule has 0 saturated carbocycles. The Morgan fingerprint density at radius 3 is 2.75 bits per heavy atom. The van der Waals surface area contributed by atoms with Gasteiger partial charge in [-0.25, -0.2) is 0 Å². The molecule has 0 atom stereocenters. The molecule has 0 aliphatic heterocycles. The van der Waals surface area contributed by atoms with Gasteiger partial charge in [-0.05, 0) is 36.8 Å². The van der Waals surface area contributed by atoms with Crippen molar-refractivity contribution in [2.75, 3.05) is 11.9 Å². The second kappa shape index (κ2) is 7.19. The lowest BCUT2D eigenvalue weighted by molar-refractivity contribution is -0.118. The summed E-state index contributed by atoms with van der Waals surface area (Å²) in [6, 6.07) is 16.6. The first-order chi connectivity index (χ1) is 11.6. The smallest absolute Gasteiger partial charge is 0.263 e. The van der Waals surface area contributed by atoms with Gasteiger partial charge < -0.3 is 10.1 Å². The van der Waals surface area contributed by atoms with Crippen LogP contribution in [-0.4, -0.2) is 22.7 Å². The quantitative estimate of drug-likeness (QED) is 0.735. The highest BCUT2D eigenvalue weighted by Gasteiger charge is 2.15. The summed E-state index contributed by atoms with van der Waals surface area (Å²) in [7, 11) is 0. The van der Waals surface area contributed by atoms with Crippen LogP contribution in [0.5, 0.6) is 5.75 Å². The maximum absolute atomic E-state index is 12.1. The van der Waals surface area contributed by atoms with E-state index in [0.29, 0.717) is 16.6 Å². The third kappa shape index (κ3) is 3.75. The molecule has 0 unspecified atom stereocenters. The van der Waals surface area contributed by atoms with Crippen molar-refractivity contribution < 1.29 is 9.53 Å². The minimum atomic E-state index is -0.284. The fourth-order valence-electron chi connectivity index (χ4n) is 2.35. The van der Waals surface area contributed by atoms with Gasteiger partial charge in [0.1, 0.15) is 5.75 Å². The monoisotopic (exact) mass is 341 g/mol. The van der Waals surface area contributed by atoms with Crippen molar-refractivity contribution in [1.29, 1.82) is 0 Å². The first kappa shape index (κ1) is 16.1. The summed E-state index contributed by atoms with van der Waals surface area (Å²) < 4.78 is 5.44. The predicted octanol–water partition coefficient (Wildman–Crippen LogP) is 4.06. The van der Waals surface area contributed by atoms with Crippen LogP contribution < -0.4 is 10.1 Å². The number of rotatable bonds is 5. The number of aromatic amines is 1. The fourth-order valence-corrected chi connectivity index (χ4v) is 2.54. The van der Waals surface area contributed by atoms with Crippen molar-refractivity contribution in [1.82, 2.24) is 10.2 Å². The first-order valence-corrected chi connectivity index (χ1v) is 7.80. The van der Waals surface area contributed by atoms with Crippen molar-refractivity contribution in [3.8, 4) is 16.9 Å². The lowest BCUT2D eigenvalue weighted by Crippen LogP contribution is -2.20. The van der Waals surface area contributed by atoms with Gasteiger partial charge in [0.15, 0.2) is 12.4 Å². The normalized spacial score (nSPS) is 10.4. The molecule has 1 amide bonds. The van der Waals surface area contributed by atoms with Crippen LogP contribution in [0, 0.1) is 6.92 Å². The summed E-state index contributed by atoms with van der Waals surface area (Å²) in [5.41, 5.74) is 2.54. The summed E-state index contributed by atoms with van der Waals surface area (Å²) in [5.74, 6) is 0.811. The van der Waals surface area contributed by atoms with Gasteiger partial charge in [-0.1, -0.05) is 41.9 Å². The summed E-state index contributed by atoms with van der Waals surface area (Å²) in [6.45, 7) is 1.80. The van der Waals surface area contributed by atoms with E-state index in [1.54, 1.807) is 18.2 Å². The number of carbonyl (C=O) groups is 1. The number of carbonyl (C=O) groups excluding carboxylic acids is 1. The number of nitrogens with one attached hydrogen (secondary N) is 2. The largest absolute Gasteiger partial charge is 0.484 e. The number of anilines is 1. The summed E-state index contributed by atoms with van der Waals surface area (Å²) >= 11 is 6.05. The topological polar surface area (TPSA) is 67.0 Å². The Morgan fingerprint density at radius 1 is 1.21 bits per heavy atom. The van der Waals surface area contributed by atoms with Gasteiger partial charge in [0, 0.05) is 16.3 Å². The molecule has 2 aromatic carbocycles. The molecule has 0 bridgehead atoms. The number of para-hydroxylation sites is 1. The predicted molar refractivity (Wildman–Crippen MR) is 94.3 cm³/mol. The lowest BCUT2D eigenvalue weighted by atomic mass is 10.1. The van der Waals surface area contributed by atoms with Gasteiger partial charge >= 0.3 is 0 Å². The molecule has 3 aromatic rings. The zero-order valence-corrected chi connectivity index (χ0v) is 13.8. The van der Waals surface area contributed by atoms with Crippen LogP contribution in [0.2, 0.25) is 5.02 Å². The Hall–Kier alpha value is -2.79. The van der Waals surface area contributed by atoms with Crippen LogP contribution in [0.1, 0.15) is 5.69 Å². The van der Waals surface area contributed by atoms with Crippen molar-refractivity contribution >= 4 is 23.3 Å². The zero-order chi connectivity index (χ0) is 16.9. The van der Waals surface area contributed by atoms with E-state index in [-0.39, 0.29) is 12.5 Å². The van der Waals surface area contributed by atoms with Gasteiger partial charge in [-0.15, -0.1) is 0 Å². The maximum Gasteiger partial charge on any atom is 0.263 e. The number of nitrogens with zero attached hydrogens (tertiary/aromatic N) is 1. The Kier molecular flexibility index (Phi) is 4.82. The van der Waals surface area contributed by atoms with Crippen LogP contribution in [0.4, 0.5) is 5.82 Å². The molecule has 0 fully saturated rings. The Bertz CT molecular complexity index is 846. The maximum atomic E-state index is 12.1. The van der Waals surface area contributed by atoms with Gasteiger partial charge in [0.2, 0.25) is 0 Å². The average Bonchev–Trinajstić information content (AvgIpc) is 2.94. The second-order valence-corrected chi connectivity index (χ2v) is 5.67. The summed E-state index contributed by atoms with van der Waals surface area (Å²) in [4.78, 5) is 12.1. The molecule has 0 spiro atoms. The van der Waals surface area contributed by atoms with Gasteiger partial charge in [-0.3, -0.25) is 9.89 Å². The van der Waals surface area contributed by atoms with E-state index < -0.39 is 0 Å². The standard InChI is InChI=1S/C18H16ClN3O2/c1-12-17(13-6-5-7-14(19)10-13)18(22-21-12)20-16(23)11-24-15-8-3-2-4-9-15/h2-10H,11H2,1H3,(H2,20,21,22,23). The molecule has 1 aromatic heterocycles. The van der Waals surface area contributed by atoms with E-state index in [2.05, 4.69) is 15.5 Å². The van der Waals surface area contributed by atoms with Crippen LogP contribution >= 0.6 is 11.6 Å². The molecule has 0 saturated heterocycles. The third-order valence-corrected chi connectivity index (χ3v) is 3.67. The Labute approximate surface area is 144 Å². The number of amides is 1. The van der Waals surface area contributed by atoms with Crippen LogP contribution in [-0.2, 0) is 4.79 Å². The number of benzene rings is 2. The van der Waals surface area contributed by atoms with Gasteiger partial charge in [-0.2, -0.15) is 5.10 Å². The van der Waals surface area contributed by atoms with Crippen molar-refractivity contribution in [3.05, 3.63) is 65.3 Å². The van der Waals surface area contributed by atoms with Crippen LogP contribution in [0.25, 0.3) is 11.1 Å². The van der Waals surface area contributed by atoms with Crippen molar-refractivity contribution in [3.63, 3.8) is 0 Å². The number of hydrogen-bond donors (Lipinski definition) is 2. The number of halogens is 1. The SMILES string of the molecule is Cc1[nH]nc(NC(=O)COc2ccccc2)c1-c1cccc(Cl)c1. The molecule has 2 N–H and O–H groups in total.